The molecule has 1 aromatic heterocycles. The van der Waals surface area contributed by atoms with Crippen LogP contribution in [0.2, 0.25) is 0 Å². The van der Waals surface area contributed by atoms with Gasteiger partial charge >= 0.3 is 0 Å². The molecule has 0 aliphatic rings. The largest absolute Gasteiger partial charge is 0.293 e. The van der Waals surface area contributed by atoms with Crippen molar-refractivity contribution < 1.29 is 9.63 Å². The highest BCUT2D eigenvalue weighted by Gasteiger charge is 2.07. The molecule has 14 heavy (non-hydrogen) atoms. The monoisotopic (exact) mass is 195 g/mol. The molecular formula is C9H13N3O2. The van der Waals surface area contributed by atoms with Gasteiger partial charge < -0.3 is 0 Å². The van der Waals surface area contributed by atoms with Crippen molar-refractivity contribution in [2.75, 3.05) is 0 Å². The van der Waals surface area contributed by atoms with Gasteiger partial charge in [0.25, 0.3) is 5.91 Å². The number of amides is 1. The van der Waals surface area contributed by atoms with Gasteiger partial charge in [-0.15, -0.1) is 0 Å². The molecule has 1 aromatic rings. The lowest BCUT2D eigenvalue weighted by molar-refractivity contribution is -0.000157. The van der Waals surface area contributed by atoms with E-state index in [9.17, 15) is 4.79 Å². The summed E-state index contributed by atoms with van der Waals surface area (Å²) in [6.07, 6.45) is 1.48. The van der Waals surface area contributed by atoms with Crippen molar-refractivity contribution in [2.45, 2.75) is 26.9 Å². The van der Waals surface area contributed by atoms with Crippen LogP contribution in [0.15, 0.2) is 12.3 Å². The zero-order valence-electron chi connectivity index (χ0n) is 8.44. The SMILES string of the molecule is Cc1nccc(C(=O)NOC(C)C)n1. The van der Waals surface area contributed by atoms with Crippen molar-refractivity contribution in [3.63, 3.8) is 0 Å². The van der Waals surface area contributed by atoms with E-state index in [1.807, 2.05) is 13.8 Å². The first-order valence-corrected chi connectivity index (χ1v) is 4.35. The third-order valence-electron chi connectivity index (χ3n) is 1.40. The fraction of sp³-hybridized carbons (Fsp3) is 0.444. The third kappa shape index (κ3) is 3.10. The van der Waals surface area contributed by atoms with Crippen LogP contribution in [0.25, 0.3) is 0 Å². The summed E-state index contributed by atoms with van der Waals surface area (Å²) < 4.78 is 0. The number of hydrogen-bond donors (Lipinski definition) is 1. The summed E-state index contributed by atoms with van der Waals surface area (Å²) in [5.41, 5.74) is 2.60. The zero-order chi connectivity index (χ0) is 10.6. The predicted octanol–water partition coefficient (Wildman–Crippen LogP) is 0.855. The Morgan fingerprint density at radius 1 is 1.57 bits per heavy atom. The lowest BCUT2D eigenvalue weighted by Gasteiger charge is -2.07. The maximum atomic E-state index is 11.4. The molecule has 0 saturated carbocycles. The second-order valence-corrected chi connectivity index (χ2v) is 3.09. The van der Waals surface area contributed by atoms with E-state index in [2.05, 4.69) is 15.4 Å². The van der Waals surface area contributed by atoms with E-state index in [0.29, 0.717) is 11.5 Å². The van der Waals surface area contributed by atoms with Crippen LogP contribution in [-0.2, 0) is 4.84 Å². The molecule has 1 rings (SSSR count). The van der Waals surface area contributed by atoms with Crippen LogP contribution in [0.3, 0.4) is 0 Å². The number of aryl methyl sites for hydroxylation is 1. The average molecular weight is 195 g/mol. The van der Waals surface area contributed by atoms with Crippen LogP contribution >= 0.6 is 0 Å². The standard InChI is InChI=1S/C9H13N3O2/c1-6(2)14-12-9(13)8-4-5-10-7(3)11-8/h4-6H,1-3H3,(H,12,13). The van der Waals surface area contributed by atoms with Gasteiger partial charge in [-0.1, -0.05) is 0 Å². The van der Waals surface area contributed by atoms with Crippen LogP contribution in [-0.4, -0.2) is 22.0 Å². The smallest absolute Gasteiger partial charge is 0.271 e. The summed E-state index contributed by atoms with van der Waals surface area (Å²) >= 11 is 0. The van der Waals surface area contributed by atoms with Gasteiger partial charge in [0.05, 0.1) is 6.10 Å². The molecule has 0 aliphatic carbocycles. The quantitative estimate of drug-likeness (QED) is 0.726. The Morgan fingerprint density at radius 3 is 2.86 bits per heavy atom. The minimum atomic E-state index is -0.357. The number of rotatable bonds is 3. The van der Waals surface area contributed by atoms with Crippen LogP contribution in [0.5, 0.6) is 0 Å². The number of nitrogens with zero attached hydrogens (tertiary/aromatic N) is 2. The summed E-state index contributed by atoms with van der Waals surface area (Å²) in [6.45, 7) is 5.37. The highest BCUT2D eigenvalue weighted by Crippen LogP contribution is 1.95. The molecule has 0 radical (unpaired) electrons. The molecule has 5 heteroatoms. The van der Waals surface area contributed by atoms with Gasteiger partial charge in [0.2, 0.25) is 0 Å². The molecule has 5 nitrogen and oxygen atoms in total. The lowest BCUT2D eigenvalue weighted by atomic mass is 10.4. The van der Waals surface area contributed by atoms with Gasteiger partial charge in [0.1, 0.15) is 11.5 Å². The number of hydrogen-bond acceptors (Lipinski definition) is 4. The fourth-order valence-electron chi connectivity index (χ4n) is 0.806. The molecule has 0 spiro atoms. The van der Waals surface area contributed by atoms with E-state index in [1.165, 1.54) is 12.3 Å². The number of nitrogens with one attached hydrogen (secondary N) is 1. The predicted molar refractivity (Wildman–Crippen MR) is 50.5 cm³/mol. The fourth-order valence-corrected chi connectivity index (χ4v) is 0.806. The Hall–Kier alpha value is -1.49. The van der Waals surface area contributed by atoms with Gasteiger partial charge in [-0.2, -0.15) is 0 Å². The van der Waals surface area contributed by atoms with Crippen molar-refractivity contribution in [1.82, 2.24) is 15.4 Å². The summed E-state index contributed by atoms with van der Waals surface area (Å²) in [5.74, 6) is 0.200. The van der Waals surface area contributed by atoms with Crippen LogP contribution in [0, 0.1) is 6.92 Å². The Labute approximate surface area is 82.5 Å². The van der Waals surface area contributed by atoms with Gasteiger partial charge in [-0.25, -0.2) is 15.4 Å². The minimum absolute atomic E-state index is 0.0538. The summed E-state index contributed by atoms with van der Waals surface area (Å²) in [5, 5.41) is 0. The summed E-state index contributed by atoms with van der Waals surface area (Å²) in [6, 6.07) is 1.53. The van der Waals surface area contributed by atoms with E-state index >= 15 is 0 Å². The second-order valence-electron chi connectivity index (χ2n) is 3.09. The topological polar surface area (TPSA) is 64.1 Å². The van der Waals surface area contributed by atoms with E-state index in [0.717, 1.165) is 0 Å². The summed E-state index contributed by atoms with van der Waals surface area (Å²) in [4.78, 5) is 24.1. The van der Waals surface area contributed by atoms with E-state index in [4.69, 9.17) is 4.84 Å². The number of carbonyl (C=O) groups excluding carboxylic acids is 1. The Morgan fingerprint density at radius 2 is 2.29 bits per heavy atom. The van der Waals surface area contributed by atoms with E-state index in [-0.39, 0.29) is 12.0 Å². The molecule has 0 saturated heterocycles. The minimum Gasteiger partial charge on any atom is -0.271 e. The number of carbonyl (C=O) groups is 1. The van der Waals surface area contributed by atoms with Crippen molar-refractivity contribution in [2.24, 2.45) is 0 Å². The number of aromatic nitrogens is 2. The third-order valence-corrected chi connectivity index (χ3v) is 1.40. The lowest BCUT2D eigenvalue weighted by Crippen LogP contribution is -2.27. The van der Waals surface area contributed by atoms with Crippen molar-refractivity contribution >= 4 is 5.91 Å². The van der Waals surface area contributed by atoms with E-state index in [1.54, 1.807) is 6.92 Å². The Kier molecular flexibility index (Phi) is 3.53. The first-order valence-electron chi connectivity index (χ1n) is 4.35. The molecule has 1 heterocycles. The Balaban J connectivity index is 2.61. The zero-order valence-corrected chi connectivity index (χ0v) is 8.44. The van der Waals surface area contributed by atoms with E-state index < -0.39 is 0 Å². The van der Waals surface area contributed by atoms with Crippen LogP contribution in [0.4, 0.5) is 0 Å². The molecule has 0 atom stereocenters. The van der Waals surface area contributed by atoms with Crippen molar-refractivity contribution in [3.05, 3.63) is 23.8 Å². The number of hydroxylamine groups is 1. The molecule has 0 fully saturated rings. The maximum absolute atomic E-state index is 11.4. The Bertz CT molecular complexity index is 326. The van der Waals surface area contributed by atoms with Crippen LogP contribution in [0.1, 0.15) is 30.2 Å². The first kappa shape index (κ1) is 10.6. The molecule has 0 aromatic carbocycles. The van der Waals surface area contributed by atoms with Gasteiger partial charge in [-0.05, 0) is 26.8 Å². The molecule has 0 unspecified atom stereocenters. The van der Waals surface area contributed by atoms with Gasteiger partial charge in [0.15, 0.2) is 0 Å². The van der Waals surface area contributed by atoms with Gasteiger partial charge in [0, 0.05) is 6.20 Å². The van der Waals surface area contributed by atoms with Crippen molar-refractivity contribution in [3.8, 4) is 0 Å². The molecule has 76 valence electrons. The van der Waals surface area contributed by atoms with Crippen LogP contribution < -0.4 is 5.48 Å². The summed E-state index contributed by atoms with van der Waals surface area (Å²) in [7, 11) is 0. The maximum Gasteiger partial charge on any atom is 0.293 e. The normalized spacial score (nSPS) is 10.3. The molecule has 1 amide bonds. The highest BCUT2D eigenvalue weighted by molar-refractivity contribution is 5.91. The molecular weight excluding hydrogens is 182 g/mol. The molecule has 0 bridgehead atoms. The van der Waals surface area contributed by atoms with Crippen molar-refractivity contribution in [1.29, 1.82) is 0 Å². The molecule has 1 N–H and O–H groups in total. The van der Waals surface area contributed by atoms with Gasteiger partial charge in [-0.3, -0.25) is 9.63 Å². The second kappa shape index (κ2) is 4.66. The first-order chi connectivity index (χ1) is 6.59. The highest BCUT2D eigenvalue weighted by atomic mass is 16.7. The molecule has 0 aliphatic heterocycles. The average Bonchev–Trinajstić information content (AvgIpc) is 2.14.